The van der Waals surface area contributed by atoms with Crippen LogP contribution in [-0.2, 0) is 4.74 Å². The lowest BCUT2D eigenvalue weighted by Gasteiger charge is -2.40. The van der Waals surface area contributed by atoms with E-state index in [4.69, 9.17) is 4.74 Å². The van der Waals surface area contributed by atoms with Crippen LogP contribution in [0.25, 0.3) is 0 Å². The minimum atomic E-state index is -0.407. The maximum Gasteiger partial charge on any atom is 0.411 e. The van der Waals surface area contributed by atoms with E-state index in [9.17, 15) is 4.79 Å². The SMILES string of the molecule is CC(C)(C)OC(=O)N1CCCCC1NC1CCC1. The number of nitrogens with zero attached hydrogens (tertiary/aromatic N) is 1. The van der Waals surface area contributed by atoms with Gasteiger partial charge in [0.2, 0.25) is 0 Å². The largest absolute Gasteiger partial charge is 0.444 e. The summed E-state index contributed by atoms with van der Waals surface area (Å²) in [7, 11) is 0. The van der Waals surface area contributed by atoms with E-state index in [1.165, 1.54) is 25.7 Å². The Balaban J connectivity index is 1.91. The molecule has 1 saturated heterocycles. The van der Waals surface area contributed by atoms with Gasteiger partial charge in [-0.2, -0.15) is 0 Å². The molecule has 1 heterocycles. The first-order chi connectivity index (χ1) is 8.46. The Kier molecular flexibility index (Phi) is 4.15. The number of carbonyl (C=O) groups is 1. The van der Waals surface area contributed by atoms with Crippen molar-refractivity contribution in [3.05, 3.63) is 0 Å². The van der Waals surface area contributed by atoms with Crippen LogP contribution in [0.1, 0.15) is 59.3 Å². The van der Waals surface area contributed by atoms with Crippen molar-refractivity contribution >= 4 is 6.09 Å². The van der Waals surface area contributed by atoms with Gasteiger partial charge in [0.25, 0.3) is 0 Å². The third kappa shape index (κ3) is 3.61. The molecule has 18 heavy (non-hydrogen) atoms. The summed E-state index contributed by atoms with van der Waals surface area (Å²) in [4.78, 5) is 14.1. The van der Waals surface area contributed by atoms with Crippen molar-refractivity contribution < 1.29 is 9.53 Å². The molecular formula is C14H26N2O2. The third-order valence-electron chi connectivity index (χ3n) is 3.66. The molecule has 104 valence electrons. The molecule has 2 fully saturated rings. The molecule has 0 spiro atoms. The first-order valence-corrected chi connectivity index (χ1v) is 7.21. The second-order valence-corrected chi connectivity index (χ2v) is 6.48. The van der Waals surface area contributed by atoms with E-state index < -0.39 is 5.60 Å². The summed E-state index contributed by atoms with van der Waals surface area (Å²) in [6.07, 6.45) is 7.16. The summed E-state index contributed by atoms with van der Waals surface area (Å²) in [5.41, 5.74) is -0.407. The molecule has 4 heteroatoms. The minimum absolute atomic E-state index is 0.168. The van der Waals surface area contributed by atoms with Crippen LogP contribution >= 0.6 is 0 Å². The first kappa shape index (κ1) is 13.7. The Bertz CT molecular complexity index is 295. The molecule has 0 aromatic rings. The van der Waals surface area contributed by atoms with Crippen LogP contribution in [0.4, 0.5) is 4.79 Å². The van der Waals surface area contributed by atoms with Gasteiger partial charge in [0.15, 0.2) is 0 Å². The topological polar surface area (TPSA) is 41.6 Å². The molecule has 1 saturated carbocycles. The van der Waals surface area contributed by atoms with Crippen LogP contribution in [0.5, 0.6) is 0 Å². The number of piperidine rings is 1. The summed E-state index contributed by atoms with van der Waals surface area (Å²) in [5.74, 6) is 0. The molecular weight excluding hydrogens is 228 g/mol. The van der Waals surface area contributed by atoms with E-state index in [-0.39, 0.29) is 12.3 Å². The average Bonchev–Trinajstić information content (AvgIpc) is 2.21. The van der Waals surface area contributed by atoms with E-state index in [1.54, 1.807) is 0 Å². The van der Waals surface area contributed by atoms with Crippen molar-refractivity contribution in [1.82, 2.24) is 10.2 Å². The molecule has 2 rings (SSSR count). The van der Waals surface area contributed by atoms with E-state index in [1.807, 2.05) is 25.7 Å². The Morgan fingerprint density at radius 2 is 1.89 bits per heavy atom. The van der Waals surface area contributed by atoms with Crippen LogP contribution < -0.4 is 5.32 Å². The molecule has 1 aliphatic heterocycles. The smallest absolute Gasteiger partial charge is 0.411 e. The Morgan fingerprint density at radius 1 is 1.17 bits per heavy atom. The van der Waals surface area contributed by atoms with Gasteiger partial charge in [-0.25, -0.2) is 4.79 Å². The van der Waals surface area contributed by atoms with Gasteiger partial charge in [0.1, 0.15) is 5.60 Å². The molecule has 0 radical (unpaired) electrons. The minimum Gasteiger partial charge on any atom is -0.444 e. The number of carbonyl (C=O) groups excluding carboxylic acids is 1. The quantitative estimate of drug-likeness (QED) is 0.824. The Hall–Kier alpha value is -0.770. The van der Waals surface area contributed by atoms with Gasteiger partial charge in [-0.05, 0) is 52.9 Å². The number of ether oxygens (including phenoxy) is 1. The third-order valence-corrected chi connectivity index (χ3v) is 3.66. The Morgan fingerprint density at radius 3 is 2.44 bits per heavy atom. The number of likely N-dealkylation sites (tertiary alicyclic amines) is 1. The molecule has 4 nitrogen and oxygen atoms in total. The van der Waals surface area contributed by atoms with E-state index >= 15 is 0 Å². The summed E-state index contributed by atoms with van der Waals surface area (Å²) in [6, 6.07) is 0.609. The van der Waals surface area contributed by atoms with Crippen LogP contribution in [0.15, 0.2) is 0 Å². The monoisotopic (exact) mass is 254 g/mol. The van der Waals surface area contributed by atoms with Crippen molar-refractivity contribution in [2.75, 3.05) is 6.54 Å². The molecule has 0 aromatic carbocycles. The van der Waals surface area contributed by atoms with Gasteiger partial charge in [0, 0.05) is 12.6 Å². The van der Waals surface area contributed by atoms with Gasteiger partial charge < -0.3 is 4.74 Å². The summed E-state index contributed by atoms with van der Waals surface area (Å²) < 4.78 is 5.49. The predicted octanol–water partition coefficient (Wildman–Crippen LogP) is 2.88. The van der Waals surface area contributed by atoms with Crippen molar-refractivity contribution in [2.45, 2.75) is 77.1 Å². The summed E-state index contributed by atoms with van der Waals surface area (Å²) >= 11 is 0. The zero-order valence-corrected chi connectivity index (χ0v) is 11.9. The molecule has 1 atom stereocenters. The lowest BCUT2D eigenvalue weighted by atomic mass is 9.92. The van der Waals surface area contributed by atoms with Gasteiger partial charge in [0.05, 0.1) is 6.17 Å². The van der Waals surface area contributed by atoms with Crippen LogP contribution in [-0.4, -0.2) is 35.3 Å². The van der Waals surface area contributed by atoms with Crippen molar-refractivity contribution in [1.29, 1.82) is 0 Å². The lowest BCUT2D eigenvalue weighted by Crippen LogP contribution is -2.56. The number of hydrogen-bond acceptors (Lipinski definition) is 3. The fourth-order valence-electron chi connectivity index (χ4n) is 2.49. The lowest BCUT2D eigenvalue weighted by molar-refractivity contribution is 0.00197. The van der Waals surface area contributed by atoms with Crippen LogP contribution in [0.2, 0.25) is 0 Å². The summed E-state index contributed by atoms with van der Waals surface area (Å²) in [6.45, 7) is 6.58. The highest BCUT2D eigenvalue weighted by molar-refractivity contribution is 5.68. The molecule has 2 aliphatic rings. The zero-order valence-electron chi connectivity index (χ0n) is 11.9. The Labute approximate surface area is 110 Å². The second kappa shape index (κ2) is 5.47. The predicted molar refractivity (Wildman–Crippen MR) is 71.4 cm³/mol. The second-order valence-electron chi connectivity index (χ2n) is 6.48. The van der Waals surface area contributed by atoms with Crippen molar-refractivity contribution in [2.24, 2.45) is 0 Å². The molecule has 1 aliphatic carbocycles. The van der Waals surface area contributed by atoms with Crippen molar-refractivity contribution in [3.8, 4) is 0 Å². The molecule has 1 amide bonds. The van der Waals surface area contributed by atoms with E-state index in [0.717, 1.165) is 19.4 Å². The van der Waals surface area contributed by atoms with E-state index in [0.29, 0.717) is 6.04 Å². The normalized spacial score (nSPS) is 25.7. The standard InChI is InChI=1S/C14H26N2O2/c1-14(2,3)18-13(17)16-10-5-4-9-12(16)15-11-7-6-8-11/h11-12,15H,4-10H2,1-3H3. The van der Waals surface area contributed by atoms with Gasteiger partial charge >= 0.3 is 6.09 Å². The highest BCUT2D eigenvalue weighted by atomic mass is 16.6. The molecule has 1 N–H and O–H groups in total. The molecule has 0 aromatic heterocycles. The maximum absolute atomic E-state index is 12.2. The summed E-state index contributed by atoms with van der Waals surface area (Å²) in [5, 5.41) is 3.60. The number of amides is 1. The fourth-order valence-corrected chi connectivity index (χ4v) is 2.49. The first-order valence-electron chi connectivity index (χ1n) is 7.21. The van der Waals surface area contributed by atoms with Crippen LogP contribution in [0, 0.1) is 0 Å². The van der Waals surface area contributed by atoms with Crippen molar-refractivity contribution in [3.63, 3.8) is 0 Å². The van der Waals surface area contributed by atoms with E-state index in [2.05, 4.69) is 5.32 Å². The fraction of sp³-hybridized carbons (Fsp3) is 0.929. The number of rotatable bonds is 2. The number of hydrogen-bond donors (Lipinski definition) is 1. The molecule has 0 bridgehead atoms. The highest BCUT2D eigenvalue weighted by Crippen LogP contribution is 2.24. The highest BCUT2D eigenvalue weighted by Gasteiger charge is 2.32. The zero-order chi connectivity index (χ0) is 13.2. The van der Waals surface area contributed by atoms with Gasteiger partial charge in [-0.1, -0.05) is 6.42 Å². The average molecular weight is 254 g/mol. The van der Waals surface area contributed by atoms with Crippen LogP contribution in [0.3, 0.4) is 0 Å². The van der Waals surface area contributed by atoms with Gasteiger partial charge in [-0.3, -0.25) is 10.2 Å². The molecule has 1 unspecified atom stereocenters. The maximum atomic E-state index is 12.2. The van der Waals surface area contributed by atoms with Gasteiger partial charge in [-0.15, -0.1) is 0 Å². The number of nitrogens with one attached hydrogen (secondary N) is 1.